The molecule has 0 aliphatic rings. The van der Waals surface area contributed by atoms with E-state index >= 15 is 0 Å². The van der Waals surface area contributed by atoms with E-state index in [2.05, 4.69) is 6.92 Å². The largest absolute Gasteiger partial charge is 0.508 e. The molecule has 0 aromatic heterocycles. The van der Waals surface area contributed by atoms with E-state index in [9.17, 15) is 9.50 Å². The summed E-state index contributed by atoms with van der Waals surface area (Å²) in [6.07, 6.45) is 2.45. The molecule has 0 atom stereocenters. The lowest BCUT2D eigenvalue weighted by molar-refractivity contribution is 0.309. The number of unbranched alkanes of at least 4 members (excludes halogenated alkanes) is 1. The molecular formula is C21H26ClFO2. The normalized spacial score (nSPS) is 11.2. The number of hydrogen-bond donors (Lipinski definition) is 1. The van der Waals surface area contributed by atoms with E-state index in [1.54, 1.807) is 18.2 Å². The fraction of sp³-hybridized carbons (Fsp3) is 0.429. The van der Waals surface area contributed by atoms with Crippen LogP contribution in [-0.2, 0) is 6.42 Å². The van der Waals surface area contributed by atoms with Gasteiger partial charge in [0.15, 0.2) is 0 Å². The molecule has 2 aromatic rings. The Morgan fingerprint density at radius 1 is 1.24 bits per heavy atom. The fourth-order valence-electron chi connectivity index (χ4n) is 2.89. The van der Waals surface area contributed by atoms with Crippen molar-refractivity contribution in [3.63, 3.8) is 0 Å². The molecule has 0 radical (unpaired) electrons. The van der Waals surface area contributed by atoms with Gasteiger partial charge in [-0.25, -0.2) is 4.39 Å². The number of aromatic hydroxyl groups is 1. The van der Waals surface area contributed by atoms with Crippen molar-refractivity contribution in [2.75, 3.05) is 6.61 Å². The third kappa shape index (κ3) is 4.66. The SMILES string of the molecule is CCCCOc1cc(C)c(Cc2ccc(O)c(C(C)C)c2F)c(Cl)c1. The van der Waals surface area contributed by atoms with Crippen molar-refractivity contribution in [3.05, 3.63) is 57.4 Å². The molecule has 1 N–H and O–H groups in total. The first kappa shape index (κ1) is 19.6. The van der Waals surface area contributed by atoms with E-state index in [1.165, 1.54) is 0 Å². The molecule has 0 amide bonds. The van der Waals surface area contributed by atoms with Crippen molar-refractivity contribution in [3.8, 4) is 11.5 Å². The monoisotopic (exact) mass is 364 g/mol. The molecule has 0 aliphatic heterocycles. The minimum atomic E-state index is -0.353. The van der Waals surface area contributed by atoms with Gasteiger partial charge in [-0.2, -0.15) is 0 Å². The second kappa shape index (κ2) is 8.57. The maximum Gasteiger partial charge on any atom is 0.133 e. The predicted molar refractivity (Wildman–Crippen MR) is 102 cm³/mol. The molecule has 2 aromatic carbocycles. The molecule has 0 aliphatic carbocycles. The van der Waals surface area contributed by atoms with Crippen LogP contribution in [0, 0.1) is 12.7 Å². The van der Waals surface area contributed by atoms with Crippen molar-refractivity contribution < 1.29 is 14.2 Å². The van der Waals surface area contributed by atoms with Gasteiger partial charge in [-0.05, 0) is 54.2 Å². The average molecular weight is 365 g/mol. The minimum Gasteiger partial charge on any atom is -0.508 e. The molecule has 136 valence electrons. The van der Waals surface area contributed by atoms with Crippen LogP contribution in [0.4, 0.5) is 4.39 Å². The predicted octanol–water partition coefficient (Wildman–Crippen LogP) is 6.39. The molecule has 25 heavy (non-hydrogen) atoms. The van der Waals surface area contributed by atoms with Crippen molar-refractivity contribution >= 4 is 11.6 Å². The summed E-state index contributed by atoms with van der Waals surface area (Å²) in [6, 6.07) is 6.91. The van der Waals surface area contributed by atoms with Crippen LogP contribution in [0.1, 0.15) is 61.8 Å². The van der Waals surface area contributed by atoms with Crippen LogP contribution in [0.2, 0.25) is 5.02 Å². The highest BCUT2D eigenvalue weighted by Gasteiger charge is 2.18. The average Bonchev–Trinajstić information content (AvgIpc) is 2.52. The van der Waals surface area contributed by atoms with Crippen molar-refractivity contribution in [1.82, 2.24) is 0 Å². The minimum absolute atomic E-state index is 0.00117. The van der Waals surface area contributed by atoms with Gasteiger partial charge in [0.05, 0.1) is 6.61 Å². The highest BCUT2D eigenvalue weighted by atomic mass is 35.5. The number of halogens is 2. The number of rotatable bonds is 7. The Morgan fingerprint density at radius 2 is 1.96 bits per heavy atom. The first-order chi connectivity index (χ1) is 11.8. The summed E-state index contributed by atoms with van der Waals surface area (Å²) in [7, 11) is 0. The number of benzene rings is 2. The molecule has 0 bridgehead atoms. The number of ether oxygens (including phenoxy) is 1. The van der Waals surface area contributed by atoms with Crippen LogP contribution in [0.3, 0.4) is 0 Å². The molecule has 2 rings (SSSR count). The van der Waals surface area contributed by atoms with Gasteiger partial charge in [0.2, 0.25) is 0 Å². The Bertz CT molecular complexity index is 718. The second-order valence-corrected chi connectivity index (χ2v) is 7.11. The van der Waals surface area contributed by atoms with E-state index < -0.39 is 0 Å². The van der Waals surface area contributed by atoms with E-state index in [4.69, 9.17) is 16.3 Å². The maximum atomic E-state index is 14.8. The van der Waals surface area contributed by atoms with Gasteiger partial charge in [-0.15, -0.1) is 0 Å². The molecule has 0 spiro atoms. The lowest BCUT2D eigenvalue weighted by atomic mass is 9.94. The highest BCUT2D eigenvalue weighted by molar-refractivity contribution is 6.31. The third-order valence-corrected chi connectivity index (χ3v) is 4.68. The zero-order chi connectivity index (χ0) is 18.6. The van der Waals surface area contributed by atoms with Crippen LogP contribution >= 0.6 is 11.6 Å². The van der Waals surface area contributed by atoms with Crippen molar-refractivity contribution in [2.45, 2.75) is 52.9 Å². The Hall–Kier alpha value is -1.74. The summed E-state index contributed by atoms with van der Waals surface area (Å²) in [4.78, 5) is 0. The number of aryl methyl sites for hydroxylation is 1. The summed E-state index contributed by atoms with van der Waals surface area (Å²) in [6.45, 7) is 8.46. The fourth-order valence-corrected chi connectivity index (χ4v) is 3.21. The summed E-state index contributed by atoms with van der Waals surface area (Å²) >= 11 is 6.43. The zero-order valence-electron chi connectivity index (χ0n) is 15.3. The van der Waals surface area contributed by atoms with Gasteiger partial charge in [0.1, 0.15) is 17.3 Å². The Kier molecular flexibility index (Phi) is 6.71. The number of hydrogen-bond acceptors (Lipinski definition) is 2. The molecule has 0 heterocycles. The second-order valence-electron chi connectivity index (χ2n) is 6.71. The summed E-state index contributed by atoms with van der Waals surface area (Å²) in [5.41, 5.74) is 2.73. The highest BCUT2D eigenvalue weighted by Crippen LogP contribution is 2.33. The smallest absolute Gasteiger partial charge is 0.133 e. The lowest BCUT2D eigenvalue weighted by Gasteiger charge is -2.16. The molecule has 0 saturated carbocycles. The number of phenolic OH excluding ortho intramolecular Hbond substituents is 1. The molecule has 0 saturated heterocycles. The Balaban J connectivity index is 2.30. The zero-order valence-corrected chi connectivity index (χ0v) is 16.1. The van der Waals surface area contributed by atoms with Gasteiger partial charge >= 0.3 is 0 Å². The van der Waals surface area contributed by atoms with Gasteiger partial charge in [-0.1, -0.05) is 44.9 Å². The van der Waals surface area contributed by atoms with Crippen LogP contribution in [0.25, 0.3) is 0 Å². The quantitative estimate of drug-likeness (QED) is 0.577. The van der Waals surface area contributed by atoms with Gasteiger partial charge < -0.3 is 9.84 Å². The van der Waals surface area contributed by atoms with Gasteiger partial charge in [0.25, 0.3) is 0 Å². The molecular weight excluding hydrogens is 339 g/mol. The lowest BCUT2D eigenvalue weighted by Crippen LogP contribution is -2.03. The van der Waals surface area contributed by atoms with E-state index in [1.807, 2.05) is 26.8 Å². The Labute approximate surface area is 154 Å². The van der Waals surface area contributed by atoms with Crippen molar-refractivity contribution in [2.24, 2.45) is 0 Å². The first-order valence-corrected chi connectivity index (χ1v) is 9.15. The number of phenols is 1. The first-order valence-electron chi connectivity index (χ1n) is 8.77. The van der Waals surface area contributed by atoms with Crippen LogP contribution < -0.4 is 4.74 Å². The maximum absolute atomic E-state index is 14.8. The molecule has 2 nitrogen and oxygen atoms in total. The van der Waals surface area contributed by atoms with Gasteiger partial charge in [-0.3, -0.25) is 0 Å². The topological polar surface area (TPSA) is 29.5 Å². The van der Waals surface area contributed by atoms with Crippen LogP contribution in [0.5, 0.6) is 11.5 Å². The van der Waals surface area contributed by atoms with E-state index in [0.29, 0.717) is 29.2 Å². The Morgan fingerprint density at radius 3 is 2.56 bits per heavy atom. The summed E-state index contributed by atoms with van der Waals surface area (Å²) in [5.74, 6) is 0.298. The van der Waals surface area contributed by atoms with Crippen LogP contribution in [-0.4, -0.2) is 11.7 Å². The third-order valence-electron chi connectivity index (χ3n) is 4.34. The van der Waals surface area contributed by atoms with Gasteiger partial charge in [0, 0.05) is 17.0 Å². The molecule has 4 heteroatoms. The van der Waals surface area contributed by atoms with Crippen molar-refractivity contribution in [1.29, 1.82) is 0 Å². The summed E-state index contributed by atoms with van der Waals surface area (Å²) in [5, 5.41) is 10.5. The molecule has 0 unspecified atom stereocenters. The molecule has 0 fully saturated rings. The van der Waals surface area contributed by atoms with E-state index in [-0.39, 0.29) is 17.5 Å². The summed E-state index contributed by atoms with van der Waals surface area (Å²) < 4.78 is 20.5. The van der Waals surface area contributed by atoms with Crippen LogP contribution in [0.15, 0.2) is 24.3 Å². The van der Waals surface area contributed by atoms with E-state index in [0.717, 1.165) is 29.7 Å². The standard InChI is InChI=1S/C21H26ClFO2/c1-5-6-9-25-16-10-14(4)17(18(22)12-16)11-15-7-8-19(24)20(13(2)3)21(15)23/h7-8,10,12-13,24H,5-6,9,11H2,1-4H3.